The standard InChI is InChI=1S/C19H16FN3O/c20-16-3-5-17(6-4-16)22-18-10-15-11-21-23-19(15)9-14(18)2-1-13-7-8-24-12-13/h3-6,9-11,13,22H,7-8,12H2,(H,21,23). The summed E-state index contributed by atoms with van der Waals surface area (Å²) < 4.78 is 18.5. The molecule has 2 N–H and O–H groups in total. The Balaban J connectivity index is 1.70. The molecule has 4 nitrogen and oxygen atoms in total. The second kappa shape index (κ2) is 6.34. The van der Waals surface area contributed by atoms with E-state index >= 15 is 0 Å². The average Bonchev–Trinajstić information content (AvgIpc) is 3.25. The van der Waals surface area contributed by atoms with E-state index in [0.717, 1.165) is 40.9 Å². The molecule has 1 unspecified atom stereocenters. The summed E-state index contributed by atoms with van der Waals surface area (Å²) in [6, 6.07) is 10.3. The third kappa shape index (κ3) is 3.10. The first-order valence-corrected chi connectivity index (χ1v) is 7.87. The van der Waals surface area contributed by atoms with E-state index in [1.807, 2.05) is 12.1 Å². The van der Waals surface area contributed by atoms with E-state index in [1.165, 1.54) is 12.1 Å². The van der Waals surface area contributed by atoms with Crippen LogP contribution >= 0.6 is 0 Å². The number of hydrogen-bond donors (Lipinski definition) is 2. The van der Waals surface area contributed by atoms with Crippen LogP contribution in [0, 0.1) is 23.6 Å². The van der Waals surface area contributed by atoms with E-state index in [2.05, 4.69) is 27.4 Å². The lowest BCUT2D eigenvalue weighted by Gasteiger charge is -2.09. The molecule has 0 bridgehead atoms. The van der Waals surface area contributed by atoms with Crippen LogP contribution in [0.15, 0.2) is 42.6 Å². The Labute approximate surface area is 139 Å². The number of anilines is 2. The van der Waals surface area contributed by atoms with Crippen LogP contribution in [-0.4, -0.2) is 23.4 Å². The van der Waals surface area contributed by atoms with Crippen LogP contribution < -0.4 is 5.32 Å². The van der Waals surface area contributed by atoms with Gasteiger partial charge in [-0.2, -0.15) is 5.10 Å². The van der Waals surface area contributed by atoms with E-state index in [-0.39, 0.29) is 11.7 Å². The van der Waals surface area contributed by atoms with E-state index < -0.39 is 0 Å². The van der Waals surface area contributed by atoms with Crippen LogP contribution in [0.2, 0.25) is 0 Å². The molecule has 2 aromatic carbocycles. The first kappa shape index (κ1) is 14.7. The van der Waals surface area contributed by atoms with Crippen molar-refractivity contribution in [3.63, 3.8) is 0 Å². The maximum absolute atomic E-state index is 13.1. The van der Waals surface area contributed by atoms with Crippen molar-refractivity contribution in [2.75, 3.05) is 18.5 Å². The lowest BCUT2D eigenvalue weighted by Crippen LogP contribution is -1.96. The molecule has 1 atom stereocenters. The monoisotopic (exact) mass is 321 g/mol. The van der Waals surface area contributed by atoms with Gasteiger partial charge in [0.15, 0.2) is 0 Å². The van der Waals surface area contributed by atoms with Gasteiger partial charge in [0.2, 0.25) is 0 Å². The number of nitrogens with zero attached hydrogens (tertiary/aromatic N) is 1. The zero-order valence-corrected chi connectivity index (χ0v) is 13.0. The molecule has 2 heterocycles. The molecule has 24 heavy (non-hydrogen) atoms. The molecule has 0 spiro atoms. The number of ether oxygens (including phenoxy) is 1. The van der Waals surface area contributed by atoms with Gasteiger partial charge in [-0.3, -0.25) is 5.10 Å². The molecule has 1 saturated heterocycles. The van der Waals surface area contributed by atoms with Gasteiger partial charge in [0.1, 0.15) is 5.82 Å². The second-order valence-electron chi connectivity index (χ2n) is 5.82. The largest absolute Gasteiger partial charge is 0.380 e. The Kier molecular flexibility index (Phi) is 3.89. The Bertz CT molecular complexity index is 915. The fourth-order valence-corrected chi connectivity index (χ4v) is 2.72. The maximum atomic E-state index is 13.1. The molecule has 1 aliphatic rings. The van der Waals surface area contributed by atoms with Crippen molar-refractivity contribution in [2.24, 2.45) is 5.92 Å². The zero-order valence-electron chi connectivity index (χ0n) is 13.0. The van der Waals surface area contributed by atoms with E-state index in [0.29, 0.717) is 6.61 Å². The molecule has 0 amide bonds. The Morgan fingerprint density at radius 2 is 2.12 bits per heavy atom. The van der Waals surface area contributed by atoms with Crippen molar-refractivity contribution < 1.29 is 9.13 Å². The second-order valence-corrected chi connectivity index (χ2v) is 5.82. The zero-order chi connectivity index (χ0) is 16.4. The van der Waals surface area contributed by atoms with Gasteiger partial charge in [-0.1, -0.05) is 11.8 Å². The lowest BCUT2D eigenvalue weighted by atomic mass is 10.1. The molecular formula is C19H16FN3O. The number of hydrogen-bond acceptors (Lipinski definition) is 3. The summed E-state index contributed by atoms with van der Waals surface area (Å²) in [5.74, 6) is 6.56. The maximum Gasteiger partial charge on any atom is 0.123 e. The van der Waals surface area contributed by atoms with Gasteiger partial charge in [0.05, 0.1) is 29.6 Å². The number of aromatic nitrogens is 2. The topological polar surface area (TPSA) is 49.9 Å². The molecule has 120 valence electrons. The summed E-state index contributed by atoms with van der Waals surface area (Å²) in [6.45, 7) is 1.47. The Hall–Kier alpha value is -2.84. The van der Waals surface area contributed by atoms with Gasteiger partial charge in [-0.25, -0.2) is 4.39 Å². The van der Waals surface area contributed by atoms with Crippen molar-refractivity contribution in [3.05, 3.63) is 54.0 Å². The van der Waals surface area contributed by atoms with Crippen LogP contribution in [0.4, 0.5) is 15.8 Å². The molecule has 3 aromatic rings. The molecule has 1 fully saturated rings. The Morgan fingerprint density at radius 1 is 1.25 bits per heavy atom. The van der Waals surface area contributed by atoms with Gasteiger partial charge in [-0.05, 0) is 42.8 Å². The normalized spacial score (nSPS) is 16.8. The highest BCUT2D eigenvalue weighted by atomic mass is 19.1. The van der Waals surface area contributed by atoms with Crippen molar-refractivity contribution in [2.45, 2.75) is 6.42 Å². The molecular weight excluding hydrogens is 305 g/mol. The highest BCUT2D eigenvalue weighted by Crippen LogP contribution is 2.26. The number of H-pyrrole nitrogens is 1. The van der Waals surface area contributed by atoms with Gasteiger partial charge >= 0.3 is 0 Å². The van der Waals surface area contributed by atoms with Gasteiger partial charge in [0.25, 0.3) is 0 Å². The first-order valence-electron chi connectivity index (χ1n) is 7.87. The van der Waals surface area contributed by atoms with Crippen molar-refractivity contribution in [1.82, 2.24) is 10.2 Å². The van der Waals surface area contributed by atoms with Crippen LogP contribution in [-0.2, 0) is 4.74 Å². The van der Waals surface area contributed by atoms with E-state index in [1.54, 1.807) is 18.3 Å². The predicted molar refractivity (Wildman–Crippen MR) is 91.6 cm³/mol. The SMILES string of the molecule is Fc1ccc(Nc2cc3cn[nH]c3cc2C#CC2CCOC2)cc1. The van der Waals surface area contributed by atoms with Crippen LogP contribution in [0.5, 0.6) is 0 Å². The number of benzene rings is 2. The number of fused-ring (bicyclic) bond motifs is 1. The average molecular weight is 321 g/mol. The third-order valence-electron chi connectivity index (χ3n) is 4.04. The van der Waals surface area contributed by atoms with Crippen LogP contribution in [0.1, 0.15) is 12.0 Å². The lowest BCUT2D eigenvalue weighted by molar-refractivity contribution is 0.192. The van der Waals surface area contributed by atoms with Crippen molar-refractivity contribution in [1.29, 1.82) is 0 Å². The fraction of sp³-hybridized carbons (Fsp3) is 0.211. The van der Waals surface area contributed by atoms with Crippen LogP contribution in [0.25, 0.3) is 10.9 Å². The van der Waals surface area contributed by atoms with Crippen LogP contribution in [0.3, 0.4) is 0 Å². The number of halogens is 1. The molecule has 4 rings (SSSR count). The minimum atomic E-state index is -0.257. The molecule has 0 aliphatic carbocycles. The summed E-state index contributed by atoms with van der Waals surface area (Å²) >= 11 is 0. The quantitative estimate of drug-likeness (QED) is 0.705. The van der Waals surface area contributed by atoms with Gasteiger partial charge < -0.3 is 10.1 Å². The summed E-state index contributed by atoms with van der Waals surface area (Å²) in [7, 11) is 0. The summed E-state index contributed by atoms with van der Waals surface area (Å²) in [5.41, 5.74) is 3.50. The predicted octanol–water partition coefficient (Wildman–Crippen LogP) is 3.83. The number of nitrogens with one attached hydrogen (secondary N) is 2. The smallest absolute Gasteiger partial charge is 0.123 e. The number of rotatable bonds is 2. The molecule has 1 aliphatic heterocycles. The van der Waals surface area contributed by atoms with Crippen molar-refractivity contribution >= 4 is 22.3 Å². The highest BCUT2D eigenvalue weighted by molar-refractivity contribution is 5.86. The van der Waals surface area contributed by atoms with Crippen molar-refractivity contribution in [3.8, 4) is 11.8 Å². The third-order valence-corrected chi connectivity index (χ3v) is 4.04. The summed E-state index contributed by atoms with van der Waals surface area (Å²) in [4.78, 5) is 0. The minimum Gasteiger partial charge on any atom is -0.380 e. The minimum absolute atomic E-state index is 0.257. The highest BCUT2D eigenvalue weighted by Gasteiger charge is 2.12. The van der Waals surface area contributed by atoms with Gasteiger partial charge in [0, 0.05) is 23.6 Å². The number of aromatic amines is 1. The molecule has 0 radical (unpaired) electrons. The molecule has 1 aromatic heterocycles. The molecule has 0 saturated carbocycles. The van der Waals surface area contributed by atoms with Gasteiger partial charge in [-0.15, -0.1) is 0 Å². The van der Waals surface area contributed by atoms with E-state index in [4.69, 9.17) is 4.74 Å². The summed E-state index contributed by atoms with van der Waals surface area (Å²) in [6.07, 6.45) is 2.74. The summed E-state index contributed by atoms with van der Waals surface area (Å²) in [5, 5.41) is 11.3. The van der Waals surface area contributed by atoms with E-state index in [9.17, 15) is 4.39 Å². The fourth-order valence-electron chi connectivity index (χ4n) is 2.72. The first-order chi connectivity index (χ1) is 11.8. The Morgan fingerprint density at radius 3 is 2.92 bits per heavy atom. The molecule has 5 heteroatoms.